The maximum absolute atomic E-state index is 11.9. The number of ether oxygens (including phenoxy) is 2. The summed E-state index contributed by atoms with van der Waals surface area (Å²) in [6.45, 7) is 2.04. The zero-order valence-electron chi connectivity index (χ0n) is 12.8. The van der Waals surface area contributed by atoms with Gasteiger partial charge in [-0.1, -0.05) is 23.2 Å². The topological polar surface area (TPSA) is 64.6 Å². The van der Waals surface area contributed by atoms with Crippen LogP contribution in [0.3, 0.4) is 0 Å². The van der Waals surface area contributed by atoms with E-state index in [2.05, 4.69) is 5.32 Å². The molecule has 7 heteroatoms. The molecule has 0 unspecified atom stereocenters. The average Bonchev–Trinajstić information content (AvgIpc) is 2.57. The van der Waals surface area contributed by atoms with Gasteiger partial charge in [-0.2, -0.15) is 0 Å². The summed E-state index contributed by atoms with van der Waals surface area (Å²) < 4.78 is 10.3. The van der Waals surface area contributed by atoms with Gasteiger partial charge < -0.3 is 14.8 Å². The van der Waals surface area contributed by atoms with Crippen LogP contribution in [0.25, 0.3) is 0 Å². The highest BCUT2D eigenvalue weighted by Gasteiger charge is 2.12. The van der Waals surface area contributed by atoms with E-state index in [9.17, 15) is 9.59 Å². The number of nitrogens with one attached hydrogen (secondary N) is 1. The Morgan fingerprint density at radius 3 is 2.38 bits per heavy atom. The largest absolute Gasteiger partial charge is 0.494 e. The molecule has 2 rings (SSSR count). The molecule has 24 heavy (non-hydrogen) atoms. The highest BCUT2D eigenvalue weighted by Crippen LogP contribution is 2.23. The fraction of sp³-hybridized carbons (Fsp3) is 0.176. The third-order valence-corrected chi connectivity index (χ3v) is 3.68. The van der Waals surface area contributed by atoms with Gasteiger partial charge in [0.15, 0.2) is 6.61 Å². The molecule has 0 fully saturated rings. The summed E-state index contributed by atoms with van der Waals surface area (Å²) in [5, 5.41) is 3.20. The molecule has 2 aromatic rings. The maximum atomic E-state index is 11.9. The summed E-state index contributed by atoms with van der Waals surface area (Å²) in [5.41, 5.74) is 0.798. The second-order valence-electron chi connectivity index (χ2n) is 4.71. The minimum Gasteiger partial charge on any atom is -0.494 e. The molecule has 1 N–H and O–H groups in total. The summed E-state index contributed by atoms with van der Waals surface area (Å²) >= 11 is 11.6. The van der Waals surface area contributed by atoms with Gasteiger partial charge in [0.05, 0.1) is 22.2 Å². The third-order valence-electron chi connectivity index (χ3n) is 2.94. The molecule has 5 nitrogen and oxygen atoms in total. The van der Waals surface area contributed by atoms with Gasteiger partial charge in [-0.05, 0) is 49.4 Å². The van der Waals surface area contributed by atoms with Gasteiger partial charge in [-0.15, -0.1) is 0 Å². The average molecular weight is 368 g/mol. The molecule has 0 spiro atoms. The van der Waals surface area contributed by atoms with Crippen molar-refractivity contribution in [1.82, 2.24) is 0 Å². The molecule has 0 atom stereocenters. The number of esters is 1. The summed E-state index contributed by atoms with van der Waals surface area (Å²) in [6.07, 6.45) is 0. The lowest BCUT2D eigenvalue weighted by Gasteiger charge is -2.08. The SMILES string of the molecule is CCOc1ccc(NC(=O)COC(=O)c2ccc(Cl)c(Cl)c2)cc1. The monoisotopic (exact) mass is 367 g/mol. The van der Waals surface area contributed by atoms with E-state index in [1.54, 1.807) is 24.3 Å². The normalized spacial score (nSPS) is 10.1. The van der Waals surface area contributed by atoms with Crippen LogP contribution in [0.1, 0.15) is 17.3 Å². The van der Waals surface area contributed by atoms with E-state index in [1.165, 1.54) is 18.2 Å². The molecule has 126 valence electrons. The number of anilines is 1. The lowest BCUT2D eigenvalue weighted by atomic mass is 10.2. The lowest BCUT2D eigenvalue weighted by molar-refractivity contribution is -0.119. The standard InChI is InChI=1S/C17H15Cl2NO4/c1-2-23-13-6-4-12(5-7-13)20-16(21)10-24-17(22)11-3-8-14(18)15(19)9-11/h3-9H,2,10H2,1H3,(H,20,21). The summed E-state index contributed by atoms with van der Waals surface area (Å²) in [7, 11) is 0. The number of hydrogen-bond donors (Lipinski definition) is 1. The molecule has 0 aliphatic rings. The molecule has 0 saturated carbocycles. The number of rotatable bonds is 6. The van der Waals surface area contributed by atoms with Crippen LogP contribution in [0.2, 0.25) is 10.0 Å². The van der Waals surface area contributed by atoms with Gasteiger partial charge in [0.1, 0.15) is 5.75 Å². The van der Waals surface area contributed by atoms with Crippen LogP contribution in [0.5, 0.6) is 5.75 Å². The maximum Gasteiger partial charge on any atom is 0.338 e. The molecule has 0 radical (unpaired) electrons. The molecular weight excluding hydrogens is 353 g/mol. The molecule has 2 aromatic carbocycles. The highest BCUT2D eigenvalue weighted by atomic mass is 35.5. The second kappa shape index (κ2) is 8.57. The van der Waals surface area contributed by atoms with E-state index < -0.39 is 18.5 Å². The van der Waals surface area contributed by atoms with E-state index in [1.807, 2.05) is 6.92 Å². The summed E-state index contributed by atoms with van der Waals surface area (Å²) in [6, 6.07) is 11.2. The summed E-state index contributed by atoms with van der Waals surface area (Å²) in [5.74, 6) is -0.399. The molecule has 1 amide bonds. The molecule has 0 bridgehead atoms. The van der Waals surface area contributed by atoms with E-state index in [4.69, 9.17) is 32.7 Å². The van der Waals surface area contributed by atoms with Gasteiger partial charge in [0.25, 0.3) is 5.91 Å². The quantitative estimate of drug-likeness (QED) is 0.777. The Bertz CT molecular complexity index is 732. The Labute approximate surface area is 149 Å². The van der Waals surface area contributed by atoms with Crippen molar-refractivity contribution in [1.29, 1.82) is 0 Å². The number of amides is 1. The zero-order valence-corrected chi connectivity index (χ0v) is 14.4. The Kier molecular flexibility index (Phi) is 6.46. The molecule has 0 saturated heterocycles. The van der Waals surface area contributed by atoms with Gasteiger partial charge in [-0.3, -0.25) is 4.79 Å². The molecular formula is C17H15Cl2NO4. The zero-order chi connectivity index (χ0) is 17.5. The first kappa shape index (κ1) is 18.1. The van der Waals surface area contributed by atoms with E-state index in [-0.39, 0.29) is 10.6 Å². The second-order valence-corrected chi connectivity index (χ2v) is 5.52. The van der Waals surface area contributed by atoms with Crippen LogP contribution in [0.4, 0.5) is 5.69 Å². The lowest BCUT2D eigenvalue weighted by Crippen LogP contribution is -2.20. The van der Waals surface area contributed by atoms with Crippen LogP contribution >= 0.6 is 23.2 Å². The van der Waals surface area contributed by atoms with Gasteiger partial charge in [0, 0.05) is 5.69 Å². The predicted molar refractivity (Wildman–Crippen MR) is 93.0 cm³/mol. The Hall–Kier alpha value is -2.24. The first-order chi connectivity index (χ1) is 11.5. The fourth-order valence-corrected chi connectivity index (χ4v) is 2.13. The molecule has 0 aliphatic carbocycles. The minimum atomic E-state index is -0.657. The molecule has 0 aromatic heterocycles. The van der Waals surface area contributed by atoms with Crippen LogP contribution in [0.15, 0.2) is 42.5 Å². The summed E-state index contributed by atoms with van der Waals surface area (Å²) in [4.78, 5) is 23.7. The molecule has 0 aliphatic heterocycles. The van der Waals surface area contributed by atoms with Crippen molar-refractivity contribution >= 4 is 40.8 Å². The van der Waals surface area contributed by atoms with Crippen molar-refractivity contribution in [3.63, 3.8) is 0 Å². The first-order valence-corrected chi connectivity index (χ1v) is 7.90. The fourth-order valence-electron chi connectivity index (χ4n) is 1.84. The van der Waals surface area contributed by atoms with Crippen molar-refractivity contribution in [3.8, 4) is 5.75 Å². The van der Waals surface area contributed by atoms with E-state index in [0.717, 1.165) is 0 Å². The number of benzene rings is 2. The van der Waals surface area contributed by atoms with Crippen LogP contribution in [-0.4, -0.2) is 25.1 Å². The smallest absolute Gasteiger partial charge is 0.338 e. The number of carbonyl (C=O) groups is 2. The number of halogens is 2. The Balaban J connectivity index is 1.86. The van der Waals surface area contributed by atoms with Crippen molar-refractivity contribution in [3.05, 3.63) is 58.1 Å². The van der Waals surface area contributed by atoms with Gasteiger partial charge in [-0.25, -0.2) is 4.79 Å². The Morgan fingerprint density at radius 1 is 1.04 bits per heavy atom. The predicted octanol–water partition coefficient (Wildman–Crippen LogP) is 4.19. The minimum absolute atomic E-state index is 0.221. The van der Waals surface area contributed by atoms with Crippen molar-refractivity contribution in [2.75, 3.05) is 18.5 Å². The van der Waals surface area contributed by atoms with Crippen LogP contribution < -0.4 is 10.1 Å². The molecule has 0 heterocycles. The van der Waals surface area contributed by atoms with E-state index >= 15 is 0 Å². The van der Waals surface area contributed by atoms with Crippen molar-refractivity contribution < 1.29 is 19.1 Å². The van der Waals surface area contributed by atoms with E-state index in [0.29, 0.717) is 23.1 Å². The highest BCUT2D eigenvalue weighted by molar-refractivity contribution is 6.42. The Morgan fingerprint density at radius 2 is 1.75 bits per heavy atom. The van der Waals surface area contributed by atoms with Crippen LogP contribution in [-0.2, 0) is 9.53 Å². The van der Waals surface area contributed by atoms with Gasteiger partial charge in [0.2, 0.25) is 0 Å². The first-order valence-electron chi connectivity index (χ1n) is 7.14. The van der Waals surface area contributed by atoms with Crippen molar-refractivity contribution in [2.24, 2.45) is 0 Å². The third kappa shape index (κ3) is 5.15. The van der Waals surface area contributed by atoms with Crippen molar-refractivity contribution in [2.45, 2.75) is 6.92 Å². The number of hydrogen-bond acceptors (Lipinski definition) is 4. The number of carbonyl (C=O) groups excluding carboxylic acids is 2. The van der Waals surface area contributed by atoms with Gasteiger partial charge >= 0.3 is 5.97 Å². The van der Waals surface area contributed by atoms with Crippen LogP contribution in [0, 0.1) is 0 Å².